The Bertz CT molecular complexity index is 503. The first-order chi connectivity index (χ1) is 9.19. The van der Waals surface area contributed by atoms with Gasteiger partial charge in [0.25, 0.3) is 0 Å². The third kappa shape index (κ3) is 2.43. The quantitative estimate of drug-likeness (QED) is 0.851. The number of fused-ring (bicyclic) bond motifs is 1. The summed E-state index contributed by atoms with van der Waals surface area (Å²) in [4.78, 5) is 3.47. The summed E-state index contributed by atoms with van der Waals surface area (Å²) in [5, 5.41) is 0. The summed E-state index contributed by atoms with van der Waals surface area (Å²) < 4.78 is 17.5. The van der Waals surface area contributed by atoms with E-state index in [1.165, 1.54) is 24.9 Å². The van der Waals surface area contributed by atoms with Crippen molar-refractivity contribution >= 4 is 10.8 Å². The van der Waals surface area contributed by atoms with Crippen molar-refractivity contribution < 1.29 is 8.95 Å². The van der Waals surface area contributed by atoms with Crippen LogP contribution in [0.4, 0.5) is 0 Å². The zero-order chi connectivity index (χ0) is 13.4. The molecule has 3 rings (SSSR count). The molecule has 0 saturated carbocycles. The van der Waals surface area contributed by atoms with Gasteiger partial charge < -0.3 is 9.64 Å². The van der Waals surface area contributed by atoms with Crippen LogP contribution in [0.1, 0.15) is 30.7 Å². The molecule has 0 radical (unpaired) electrons. The molecule has 1 fully saturated rings. The van der Waals surface area contributed by atoms with Crippen LogP contribution in [0, 0.1) is 0 Å². The predicted molar refractivity (Wildman–Crippen MR) is 77.3 cm³/mol. The maximum absolute atomic E-state index is 12.2. The Morgan fingerprint density at radius 2 is 2.32 bits per heavy atom. The molecule has 3 nitrogen and oxygen atoms in total. The van der Waals surface area contributed by atoms with Gasteiger partial charge in [-0.25, -0.2) is 0 Å². The molecule has 2 aliphatic rings. The lowest BCUT2D eigenvalue weighted by Crippen LogP contribution is -2.27. The minimum atomic E-state index is -0.823. The van der Waals surface area contributed by atoms with Gasteiger partial charge in [-0.3, -0.25) is 4.21 Å². The van der Waals surface area contributed by atoms with Crippen LogP contribution in [0.15, 0.2) is 23.1 Å². The molecule has 0 aliphatic carbocycles. The average molecular weight is 279 g/mol. The second-order valence-electron chi connectivity index (χ2n) is 5.63. The highest BCUT2D eigenvalue weighted by molar-refractivity contribution is 7.85. The standard InChI is InChI=1S/C15H21NO2S/c1-16-7-3-4-12(16)8-11-10-19(17)15-6-5-13(18-2)9-14(11)15/h5-6,9,11-12H,3-4,7-8,10H2,1-2H3/t11-,12+,19?/m0/s1. The highest BCUT2D eigenvalue weighted by atomic mass is 32.2. The number of nitrogens with zero attached hydrogens (tertiary/aromatic N) is 1. The maximum atomic E-state index is 12.2. The number of hydrogen-bond donors (Lipinski definition) is 0. The normalized spacial score (nSPS) is 30.5. The number of benzene rings is 1. The fourth-order valence-corrected chi connectivity index (χ4v) is 4.91. The van der Waals surface area contributed by atoms with Crippen molar-refractivity contribution in [3.8, 4) is 5.75 Å². The SMILES string of the molecule is COc1ccc2c(c1)[C@@H](C[C@H]1CCCN1C)CS2=O. The van der Waals surface area contributed by atoms with Crippen LogP contribution >= 0.6 is 0 Å². The van der Waals surface area contributed by atoms with Gasteiger partial charge in [0.15, 0.2) is 0 Å². The molecular formula is C15H21NO2S. The van der Waals surface area contributed by atoms with Gasteiger partial charge in [0.2, 0.25) is 0 Å². The fourth-order valence-electron chi connectivity index (χ4n) is 3.34. The van der Waals surface area contributed by atoms with E-state index in [-0.39, 0.29) is 0 Å². The number of hydrogen-bond acceptors (Lipinski definition) is 3. The van der Waals surface area contributed by atoms with Crippen molar-refractivity contribution in [2.75, 3.05) is 26.5 Å². The van der Waals surface area contributed by atoms with E-state index in [1.807, 2.05) is 12.1 Å². The maximum Gasteiger partial charge on any atom is 0.119 e. The Labute approximate surface area is 117 Å². The Balaban J connectivity index is 1.84. The molecule has 3 atom stereocenters. The van der Waals surface area contributed by atoms with Gasteiger partial charge in [-0.1, -0.05) is 0 Å². The first-order valence-corrected chi connectivity index (χ1v) is 8.27. The largest absolute Gasteiger partial charge is 0.497 e. The summed E-state index contributed by atoms with van der Waals surface area (Å²) in [6, 6.07) is 6.63. The van der Waals surface area contributed by atoms with E-state index in [0.717, 1.165) is 22.8 Å². The van der Waals surface area contributed by atoms with Gasteiger partial charge in [0.05, 0.1) is 17.9 Å². The Hall–Kier alpha value is -0.870. The van der Waals surface area contributed by atoms with Crippen LogP contribution in [0.25, 0.3) is 0 Å². The van der Waals surface area contributed by atoms with Gasteiger partial charge in [0.1, 0.15) is 5.75 Å². The van der Waals surface area contributed by atoms with E-state index in [1.54, 1.807) is 7.11 Å². The van der Waals surface area contributed by atoms with Crippen LogP contribution < -0.4 is 4.74 Å². The molecule has 1 unspecified atom stereocenters. The molecule has 0 N–H and O–H groups in total. The van der Waals surface area contributed by atoms with Crippen molar-refractivity contribution in [2.45, 2.75) is 36.1 Å². The van der Waals surface area contributed by atoms with E-state index >= 15 is 0 Å². The van der Waals surface area contributed by atoms with Crippen molar-refractivity contribution in [3.63, 3.8) is 0 Å². The molecule has 4 heteroatoms. The van der Waals surface area contributed by atoms with Crippen LogP contribution in [0.5, 0.6) is 5.75 Å². The summed E-state index contributed by atoms with van der Waals surface area (Å²) in [7, 11) is 3.07. The van der Waals surface area contributed by atoms with E-state index < -0.39 is 10.8 Å². The molecule has 0 spiro atoms. The molecule has 19 heavy (non-hydrogen) atoms. The van der Waals surface area contributed by atoms with Gasteiger partial charge >= 0.3 is 0 Å². The summed E-state index contributed by atoms with van der Waals surface area (Å²) in [6.45, 7) is 1.20. The second-order valence-corrected chi connectivity index (χ2v) is 7.09. The molecule has 104 valence electrons. The zero-order valence-corrected chi connectivity index (χ0v) is 12.4. The van der Waals surface area contributed by atoms with Crippen LogP contribution in [-0.2, 0) is 10.8 Å². The van der Waals surface area contributed by atoms with Gasteiger partial charge in [-0.2, -0.15) is 0 Å². The minimum Gasteiger partial charge on any atom is -0.497 e. The van der Waals surface area contributed by atoms with Crippen molar-refractivity contribution in [2.24, 2.45) is 0 Å². The molecule has 1 aromatic carbocycles. The lowest BCUT2D eigenvalue weighted by molar-refractivity contribution is 0.286. The highest BCUT2D eigenvalue weighted by Gasteiger charge is 2.33. The molecular weight excluding hydrogens is 258 g/mol. The molecule has 1 aromatic rings. The topological polar surface area (TPSA) is 29.5 Å². The van der Waals surface area contributed by atoms with Gasteiger partial charge in [0, 0.05) is 16.7 Å². The van der Waals surface area contributed by atoms with E-state index in [4.69, 9.17) is 4.74 Å². The molecule has 1 saturated heterocycles. The van der Waals surface area contributed by atoms with Crippen LogP contribution in [0.3, 0.4) is 0 Å². The summed E-state index contributed by atoms with van der Waals surface area (Å²) in [5.41, 5.74) is 1.25. The number of ether oxygens (including phenoxy) is 1. The molecule has 2 heterocycles. The summed E-state index contributed by atoms with van der Waals surface area (Å²) in [5.74, 6) is 2.09. The summed E-state index contributed by atoms with van der Waals surface area (Å²) in [6.07, 6.45) is 3.70. The molecule has 0 bridgehead atoms. The smallest absolute Gasteiger partial charge is 0.119 e. The van der Waals surface area contributed by atoms with E-state index in [2.05, 4.69) is 18.0 Å². The number of rotatable bonds is 3. The first-order valence-electron chi connectivity index (χ1n) is 6.95. The molecule has 2 aliphatic heterocycles. The molecule has 0 amide bonds. The lowest BCUT2D eigenvalue weighted by atomic mass is 9.93. The second kappa shape index (κ2) is 5.25. The van der Waals surface area contributed by atoms with Gasteiger partial charge in [-0.15, -0.1) is 0 Å². The molecule has 0 aromatic heterocycles. The zero-order valence-electron chi connectivity index (χ0n) is 11.6. The first kappa shape index (κ1) is 13.1. The highest BCUT2D eigenvalue weighted by Crippen LogP contribution is 2.39. The lowest BCUT2D eigenvalue weighted by Gasteiger charge is -2.22. The Kier molecular flexibility index (Phi) is 3.63. The van der Waals surface area contributed by atoms with Crippen molar-refractivity contribution in [3.05, 3.63) is 23.8 Å². The van der Waals surface area contributed by atoms with Crippen LogP contribution in [-0.4, -0.2) is 41.6 Å². The average Bonchev–Trinajstić information content (AvgIpc) is 2.95. The summed E-state index contributed by atoms with van der Waals surface area (Å²) >= 11 is 0. The Morgan fingerprint density at radius 1 is 1.47 bits per heavy atom. The van der Waals surface area contributed by atoms with Crippen molar-refractivity contribution in [1.82, 2.24) is 4.90 Å². The number of likely N-dealkylation sites (tertiary alicyclic amines) is 1. The monoisotopic (exact) mass is 279 g/mol. The van der Waals surface area contributed by atoms with Crippen molar-refractivity contribution in [1.29, 1.82) is 0 Å². The minimum absolute atomic E-state index is 0.427. The van der Waals surface area contributed by atoms with E-state index in [0.29, 0.717) is 12.0 Å². The van der Waals surface area contributed by atoms with Gasteiger partial charge in [-0.05, 0) is 62.5 Å². The predicted octanol–water partition coefficient (Wildman–Crippen LogP) is 2.38. The van der Waals surface area contributed by atoms with E-state index in [9.17, 15) is 4.21 Å². The third-order valence-corrected chi connectivity index (χ3v) is 6.05. The number of methoxy groups -OCH3 is 1. The Morgan fingerprint density at radius 3 is 3.00 bits per heavy atom. The van der Waals surface area contributed by atoms with Crippen LogP contribution in [0.2, 0.25) is 0 Å². The fraction of sp³-hybridized carbons (Fsp3) is 0.600. The third-order valence-electron chi connectivity index (χ3n) is 4.48.